The van der Waals surface area contributed by atoms with E-state index in [-0.39, 0.29) is 12.2 Å². The molecule has 0 fully saturated rings. The number of aromatic nitrogens is 3. The predicted molar refractivity (Wildman–Crippen MR) is 69.8 cm³/mol. The fourth-order valence-corrected chi connectivity index (χ4v) is 1.70. The smallest absolute Gasteiger partial charge is 0.169 e. The summed E-state index contributed by atoms with van der Waals surface area (Å²) in [6, 6.07) is 7.57. The van der Waals surface area contributed by atoms with E-state index < -0.39 is 0 Å². The third-order valence-electron chi connectivity index (χ3n) is 2.68. The number of benzene rings is 1. The normalized spacial score (nSPS) is 10.4. The first-order valence-corrected chi connectivity index (χ1v) is 5.72. The predicted octanol–water partition coefficient (Wildman–Crippen LogP) is 1.31. The quantitative estimate of drug-likeness (QED) is 0.761. The molecule has 0 spiro atoms. The van der Waals surface area contributed by atoms with E-state index >= 15 is 0 Å². The average molecular weight is 244 g/mol. The summed E-state index contributed by atoms with van der Waals surface area (Å²) in [6.45, 7) is 0. The maximum Gasteiger partial charge on any atom is 0.169 e. The van der Waals surface area contributed by atoms with Gasteiger partial charge in [0.25, 0.3) is 0 Å². The third kappa shape index (κ3) is 2.74. The molecule has 1 aromatic carbocycles. The molecule has 5 heteroatoms. The number of nitrogens with zero attached hydrogens (tertiary/aromatic N) is 4. The van der Waals surface area contributed by atoms with Crippen molar-refractivity contribution in [3.05, 3.63) is 41.7 Å². The van der Waals surface area contributed by atoms with Crippen molar-refractivity contribution in [2.75, 3.05) is 19.0 Å². The van der Waals surface area contributed by atoms with Crippen LogP contribution in [-0.4, -0.2) is 34.9 Å². The highest BCUT2D eigenvalue weighted by molar-refractivity contribution is 5.98. The van der Waals surface area contributed by atoms with E-state index in [1.807, 2.05) is 43.3 Å². The van der Waals surface area contributed by atoms with Gasteiger partial charge >= 0.3 is 0 Å². The lowest BCUT2D eigenvalue weighted by molar-refractivity contribution is 0.0992. The monoisotopic (exact) mass is 244 g/mol. The second-order valence-electron chi connectivity index (χ2n) is 4.43. The van der Waals surface area contributed by atoms with Gasteiger partial charge in [-0.1, -0.05) is 17.3 Å². The molecule has 1 aromatic heterocycles. The zero-order chi connectivity index (χ0) is 13.1. The van der Waals surface area contributed by atoms with E-state index in [0.717, 1.165) is 5.69 Å². The fraction of sp³-hybridized carbons (Fsp3) is 0.308. The highest BCUT2D eigenvalue weighted by Gasteiger charge is 2.10. The number of anilines is 1. The van der Waals surface area contributed by atoms with Crippen LogP contribution in [0, 0.1) is 0 Å². The molecule has 0 unspecified atom stereocenters. The second kappa shape index (κ2) is 5.00. The number of aryl methyl sites for hydroxylation is 1. The lowest BCUT2D eigenvalue weighted by Crippen LogP contribution is -2.10. The van der Waals surface area contributed by atoms with Gasteiger partial charge in [0.05, 0.1) is 12.1 Å². The molecule has 5 nitrogen and oxygen atoms in total. The van der Waals surface area contributed by atoms with Crippen LogP contribution >= 0.6 is 0 Å². The van der Waals surface area contributed by atoms with E-state index in [2.05, 4.69) is 10.3 Å². The molecule has 94 valence electrons. The van der Waals surface area contributed by atoms with Crippen molar-refractivity contribution >= 4 is 11.5 Å². The highest BCUT2D eigenvalue weighted by Crippen LogP contribution is 2.14. The molecule has 0 aliphatic rings. The number of hydrogen-bond acceptors (Lipinski definition) is 4. The fourth-order valence-electron chi connectivity index (χ4n) is 1.70. The Bertz CT molecular complexity index is 560. The van der Waals surface area contributed by atoms with Crippen molar-refractivity contribution in [1.82, 2.24) is 15.0 Å². The molecule has 2 rings (SSSR count). The van der Waals surface area contributed by atoms with Gasteiger partial charge in [0.15, 0.2) is 5.78 Å². The third-order valence-corrected chi connectivity index (χ3v) is 2.68. The largest absolute Gasteiger partial charge is 0.378 e. The zero-order valence-electron chi connectivity index (χ0n) is 10.8. The average Bonchev–Trinajstić information content (AvgIpc) is 2.75. The van der Waals surface area contributed by atoms with Crippen molar-refractivity contribution in [3.63, 3.8) is 0 Å². The van der Waals surface area contributed by atoms with Gasteiger partial charge in [-0.25, -0.2) is 0 Å². The molecular formula is C13H16N4O. The first kappa shape index (κ1) is 12.3. The minimum atomic E-state index is 0.0548. The number of Topliss-reactive ketones (excluding diaryl/α,β-unsaturated/α-hetero) is 1. The molecule has 0 aliphatic heterocycles. The Balaban J connectivity index is 2.16. The van der Waals surface area contributed by atoms with E-state index in [9.17, 15) is 4.79 Å². The van der Waals surface area contributed by atoms with E-state index in [0.29, 0.717) is 11.3 Å². The van der Waals surface area contributed by atoms with E-state index in [1.54, 1.807) is 17.9 Å². The summed E-state index contributed by atoms with van der Waals surface area (Å²) in [5, 5.41) is 7.74. The highest BCUT2D eigenvalue weighted by atomic mass is 16.1. The molecular weight excluding hydrogens is 228 g/mol. The van der Waals surface area contributed by atoms with Crippen LogP contribution in [0.3, 0.4) is 0 Å². The van der Waals surface area contributed by atoms with Crippen LogP contribution in [0.4, 0.5) is 5.69 Å². The summed E-state index contributed by atoms with van der Waals surface area (Å²) in [6.07, 6.45) is 2.04. The summed E-state index contributed by atoms with van der Waals surface area (Å²) in [5.74, 6) is 0.0548. The molecule has 0 atom stereocenters. The van der Waals surface area contributed by atoms with Gasteiger partial charge in [-0.3, -0.25) is 9.48 Å². The Labute approximate surface area is 106 Å². The Kier molecular flexibility index (Phi) is 3.41. The van der Waals surface area contributed by atoms with Crippen LogP contribution in [0.1, 0.15) is 16.1 Å². The van der Waals surface area contributed by atoms with Gasteiger partial charge in [0.2, 0.25) is 0 Å². The Morgan fingerprint density at radius 1 is 1.39 bits per heavy atom. The maximum atomic E-state index is 12.1. The van der Waals surface area contributed by atoms with Gasteiger partial charge in [-0.2, -0.15) is 0 Å². The van der Waals surface area contributed by atoms with Crippen LogP contribution in [-0.2, 0) is 13.5 Å². The van der Waals surface area contributed by atoms with Crippen molar-refractivity contribution in [1.29, 1.82) is 0 Å². The molecule has 0 saturated carbocycles. The van der Waals surface area contributed by atoms with Crippen LogP contribution in [0.5, 0.6) is 0 Å². The van der Waals surface area contributed by atoms with Crippen molar-refractivity contribution in [2.45, 2.75) is 6.42 Å². The molecule has 0 N–H and O–H groups in total. The van der Waals surface area contributed by atoms with Gasteiger partial charge in [-0.15, -0.1) is 5.10 Å². The topological polar surface area (TPSA) is 51.0 Å². The maximum absolute atomic E-state index is 12.1. The number of carbonyl (C=O) groups excluding carboxylic acids is 1. The van der Waals surface area contributed by atoms with E-state index in [4.69, 9.17) is 0 Å². The molecule has 0 bridgehead atoms. The first-order chi connectivity index (χ1) is 8.56. The van der Waals surface area contributed by atoms with Gasteiger partial charge < -0.3 is 4.90 Å². The second-order valence-corrected chi connectivity index (χ2v) is 4.43. The molecule has 0 saturated heterocycles. The van der Waals surface area contributed by atoms with Crippen LogP contribution in [0.15, 0.2) is 30.5 Å². The molecule has 1 heterocycles. The summed E-state index contributed by atoms with van der Waals surface area (Å²) in [5.41, 5.74) is 2.41. The summed E-state index contributed by atoms with van der Waals surface area (Å²) >= 11 is 0. The van der Waals surface area contributed by atoms with Crippen LogP contribution in [0.2, 0.25) is 0 Å². The number of ketones is 1. The minimum Gasteiger partial charge on any atom is -0.378 e. The van der Waals surface area contributed by atoms with Crippen LogP contribution in [0.25, 0.3) is 0 Å². The zero-order valence-corrected chi connectivity index (χ0v) is 10.8. The molecule has 0 aliphatic carbocycles. The molecule has 0 radical (unpaired) electrons. The lowest BCUT2D eigenvalue weighted by Gasteiger charge is -2.12. The van der Waals surface area contributed by atoms with Crippen molar-refractivity contribution in [3.8, 4) is 0 Å². The van der Waals surface area contributed by atoms with Gasteiger partial charge in [0, 0.05) is 38.6 Å². The Hall–Kier alpha value is -2.17. The van der Waals surface area contributed by atoms with E-state index in [1.165, 1.54) is 0 Å². The van der Waals surface area contributed by atoms with Gasteiger partial charge in [-0.05, 0) is 12.1 Å². The number of rotatable bonds is 4. The molecule has 2 aromatic rings. The first-order valence-electron chi connectivity index (χ1n) is 5.72. The standard InChI is InChI=1S/C13H16N4O/c1-16(2)12-6-4-5-10(7-12)13(18)8-11-9-17(3)15-14-11/h4-7,9H,8H2,1-3H3. The Morgan fingerprint density at radius 2 is 2.17 bits per heavy atom. The molecule has 18 heavy (non-hydrogen) atoms. The SMILES string of the molecule is CN(C)c1cccc(C(=O)Cc2cn(C)nn2)c1. The van der Waals surface area contributed by atoms with Crippen LogP contribution < -0.4 is 4.90 Å². The summed E-state index contributed by atoms with van der Waals surface area (Å²) in [7, 11) is 5.69. The minimum absolute atomic E-state index is 0.0548. The number of carbonyl (C=O) groups is 1. The van der Waals surface area contributed by atoms with Crippen molar-refractivity contribution < 1.29 is 4.79 Å². The summed E-state index contributed by atoms with van der Waals surface area (Å²) in [4.78, 5) is 14.1. The number of hydrogen-bond donors (Lipinski definition) is 0. The summed E-state index contributed by atoms with van der Waals surface area (Å²) < 4.78 is 1.60. The van der Waals surface area contributed by atoms with Gasteiger partial charge in [0.1, 0.15) is 0 Å². The molecule has 0 amide bonds. The Morgan fingerprint density at radius 3 is 2.78 bits per heavy atom. The lowest BCUT2D eigenvalue weighted by atomic mass is 10.1. The van der Waals surface area contributed by atoms with Crippen molar-refractivity contribution in [2.24, 2.45) is 7.05 Å².